The zero-order valence-corrected chi connectivity index (χ0v) is 13.0. The van der Waals surface area contributed by atoms with E-state index >= 15 is 0 Å². The van der Waals surface area contributed by atoms with E-state index in [9.17, 15) is 4.79 Å². The summed E-state index contributed by atoms with van der Waals surface area (Å²) in [7, 11) is 0. The highest BCUT2D eigenvalue weighted by Crippen LogP contribution is 2.35. The normalized spacial score (nSPS) is 12.8. The molecule has 1 N–H and O–H groups in total. The summed E-state index contributed by atoms with van der Waals surface area (Å²) in [5.74, 6) is 0. The zero-order chi connectivity index (χ0) is 15.8. The Labute approximate surface area is 138 Å². The van der Waals surface area contributed by atoms with Crippen LogP contribution >= 0.6 is 11.6 Å². The fraction of sp³-hybridized carbons (Fsp3) is 0.0526. The molecule has 0 unspecified atom stereocenters. The Kier molecular flexibility index (Phi) is 3.36. The van der Waals surface area contributed by atoms with Gasteiger partial charge in [-0.2, -0.15) is 0 Å². The molecule has 0 bridgehead atoms. The molecule has 3 nitrogen and oxygen atoms in total. The molecule has 112 valence electrons. The van der Waals surface area contributed by atoms with E-state index < -0.39 is 0 Å². The van der Waals surface area contributed by atoms with Crippen molar-refractivity contribution >= 4 is 23.6 Å². The maximum atomic E-state index is 11.3. The van der Waals surface area contributed by atoms with Crippen molar-refractivity contribution in [1.82, 2.24) is 4.98 Å². The van der Waals surface area contributed by atoms with Crippen molar-refractivity contribution in [3.05, 3.63) is 82.1 Å². The van der Waals surface area contributed by atoms with Crippen LogP contribution < -0.4 is 0 Å². The molecule has 2 heterocycles. The van der Waals surface area contributed by atoms with Gasteiger partial charge in [0.25, 0.3) is 0 Å². The summed E-state index contributed by atoms with van der Waals surface area (Å²) in [6.45, 7) is 0.462. The van der Waals surface area contributed by atoms with E-state index in [1.807, 2.05) is 54.7 Å². The second kappa shape index (κ2) is 5.52. The van der Waals surface area contributed by atoms with Gasteiger partial charge >= 0.3 is 0 Å². The number of aldehydes is 1. The molecule has 0 saturated carbocycles. The molecule has 4 heteroatoms. The van der Waals surface area contributed by atoms with E-state index in [2.05, 4.69) is 4.98 Å². The van der Waals surface area contributed by atoms with E-state index in [0.717, 1.165) is 39.8 Å². The highest BCUT2D eigenvalue weighted by atomic mass is 35.5. The smallest absolute Gasteiger partial charge is 0.166 e. The van der Waals surface area contributed by atoms with Crippen LogP contribution in [0.5, 0.6) is 0 Å². The Hall–Kier alpha value is -2.65. The van der Waals surface area contributed by atoms with Gasteiger partial charge in [0.15, 0.2) is 6.29 Å². The molecule has 2 aromatic carbocycles. The number of H-pyrrole nitrogens is 1. The van der Waals surface area contributed by atoms with Crippen LogP contribution in [0.1, 0.15) is 27.2 Å². The minimum absolute atomic E-state index is 0.462. The molecule has 3 aromatic rings. The maximum absolute atomic E-state index is 11.3. The lowest BCUT2D eigenvalue weighted by Gasteiger charge is -2.10. The molecule has 1 aromatic heterocycles. The van der Waals surface area contributed by atoms with Crippen LogP contribution in [0.25, 0.3) is 11.1 Å². The first-order chi connectivity index (χ1) is 11.3. The van der Waals surface area contributed by atoms with E-state index in [1.54, 1.807) is 0 Å². The molecule has 1 aliphatic heterocycles. The predicted molar refractivity (Wildman–Crippen MR) is 92.4 cm³/mol. The van der Waals surface area contributed by atoms with Crippen molar-refractivity contribution in [3.63, 3.8) is 0 Å². The Bertz CT molecular complexity index is 926. The van der Waals surface area contributed by atoms with Gasteiger partial charge < -0.3 is 4.98 Å². The lowest BCUT2D eigenvalue weighted by atomic mass is 9.94. The largest absolute Gasteiger partial charge is 0.358 e. The van der Waals surface area contributed by atoms with Gasteiger partial charge in [-0.1, -0.05) is 48.0 Å². The van der Waals surface area contributed by atoms with Gasteiger partial charge in [-0.25, -0.2) is 0 Å². The second-order valence-electron chi connectivity index (χ2n) is 5.43. The van der Waals surface area contributed by atoms with Crippen molar-refractivity contribution in [2.24, 2.45) is 4.99 Å². The lowest BCUT2D eigenvalue weighted by molar-refractivity contribution is 0.111. The molecule has 0 saturated heterocycles. The first-order valence-corrected chi connectivity index (χ1v) is 7.71. The van der Waals surface area contributed by atoms with Gasteiger partial charge in [-0.15, -0.1) is 0 Å². The predicted octanol–water partition coefficient (Wildman–Crippen LogP) is 4.50. The first kappa shape index (κ1) is 14.0. The summed E-state index contributed by atoms with van der Waals surface area (Å²) < 4.78 is 0. The highest BCUT2D eigenvalue weighted by molar-refractivity contribution is 6.31. The Morgan fingerprint density at radius 1 is 1.04 bits per heavy atom. The van der Waals surface area contributed by atoms with Crippen LogP contribution in [-0.4, -0.2) is 17.0 Å². The standard InChI is InChI=1S/C19H13ClN2O/c20-13-6-7-14-15(8-13)19(12-4-2-1-3-5-12)22-10-17-16(14)9-21-18(17)11-23/h1-9,11,21H,10H2. The average molecular weight is 321 g/mol. The number of aromatic nitrogens is 1. The SMILES string of the molecule is O=Cc1[nH]cc2c1CN=C(c1ccccc1)c1cc(Cl)ccc1-2. The number of hydrogen-bond acceptors (Lipinski definition) is 2. The maximum Gasteiger partial charge on any atom is 0.166 e. The monoisotopic (exact) mass is 320 g/mol. The molecular formula is C19H13ClN2O. The number of rotatable bonds is 2. The van der Waals surface area contributed by atoms with E-state index in [0.29, 0.717) is 17.3 Å². The van der Waals surface area contributed by atoms with Crippen molar-refractivity contribution in [1.29, 1.82) is 0 Å². The van der Waals surface area contributed by atoms with Crippen LogP contribution in [0.3, 0.4) is 0 Å². The number of carbonyl (C=O) groups is 1. The molecule has 0 atom stereocenters. The molecular weight excluding hydrogens is 308 g/mol. The van der Waals surface area contributed by atoms with Gasteiger partial charge in [0.05, 0.1) is 18.0 Å². The third kappa shape index (κ3) is 2.30. The number of aliphatic imine (C=N–C) groups is 1. The molecule has 0 amide bonds. The fourth-order valence-electron chi connectivity index (χ4n) is 3.02. The number of aromatic amines is 1. The van der Waals surface area contributed by atoms with Crippen LogP contribution in [0.2, 0.25) is 5.02 Å². The zero-order valence-electron chi connectivity index (χ0n) is 12.2. The number of carbonyl (C=O) groups excluding carboxylic acids is 1. The van der Waals surface area contributed by atoms with Gasteiger partial charge in [-0.3, -0.25) is 9.79 Å². The van der Waals surface area contributed by atoms with Crippen LogP contribution in [-0.2, 0) is 6.54 Å². The Morgan fingerprint density at radius 3 is 2.65 bits per heavy atom. The summed E-state index contributed by atoms with van der Waals surface area (Å²) in [5, 5.41) is 0.668. The highest BCUT2D eigenvalue weighted by Gasteiger charge is 2.22. The second-order valence-corrected chi connectivity index (χ2v) is 5.87. The third-order valence-electron chi connectivity index (χ3n) is 4.11. The number of halogens is 1. The number of nitrogens with one attached hydrogen (secondary N) is 1. The molecule has 23 heavy (non-hydrogen) atoms. The molecule has 4 rings (SSSR count). The fourth-order valence-corrected chi connectivity index (χ4v) is 3.19. The third-order valence-corrected chi connectivity index (χ3v) is 4.34. The molecule has 1 aliphatic rings. The lowest BCUT2D eigenvalue weighted by Crippen LogP contribution is -2.04. The van der Waals surface area contributed by atoms with Crippen molar-refractivity contribution in [2.45, 2.75) is 6.54 Å². The van der Waals surface area contributed by atoms with Gasteiger partial charge in [0.2, 0.25) is 0 Å². The Morgan fingerprint density at radius 2 is 1.87 bits per heavy atom. The van der Waals surface area contributed by atoms with E-state index in [4.69, 9.17) is 16.6 Å². The minimum Gasteiger partial charge on any atom is -0.358 e. The van der Waals surface area contributed by atoms with Crippen LogP contribution in [0, 0.1) is 0 Å². The van der Waals surface area contributed by atoms with Gasteiger partial charge in [0.1, 0.15) is 0 Å². The minimum atomic E-state index is 0.462. The van der Waals surface area contributed by atoms with Crippen molar-refractivity contribution in [2.75, 3.05) is 0 Å². The molecule has 0 aliphatic carbocycles. The summed E-state index contributed by atoms with van der Waals surface area (Å²) >= 11 is 6.22. The van der Waals surface area contributed by atoms with Crippen LogP contribution in [0.15, 0.2) is 59.7 Å². The number of benzene rings is 2. The molecule has 0 fully saturated rings. The summed E-state index contributed by atoms with van der Waals surface area (Å²) in [6.07, 6.45) is 2.71. The van der Waals surface area contributed by atoms with Gasteiger partial charge in [0, 0.05) is 33.5 Å². The summed E-state index contributed by atoms with van der Waals surface area (Å²) in [6, 6.07) is 15.8. The average Bonchev–Trinajstić information content (AvgIpc) is 2.92. The quantitative estimate of drug-likeness (QED) is 0.694. The first-order valence-electron chi connectivity index (χ1n) is 7.33. The number of hydrogen-bond donors (Lipinski definition) is 1. The molecule has 0 spiro atoms. The number of nitrogens with zero attached hydrogens (tertiary/aromatic N) is 1. The Balaban J connectivity index is 2.00. The number of fused-ring (bicyclic) bond motifs is 3. The van der Waals surface area contributed by atoms with Gasteiger partial charge in [-0.05, 0) is 17.7 Å². The summed E-state index contributed by atoms with van der Waals surface area (Å²) in [5.41, 5.74) is 6.48. The summed E-state index contributed by atoms with van der Waals surface area (Å²) in [4.78, 5) is 19.1. The van der Waals surface area contributed by atoms with Crippen molar-refractivity contribution < 1.29 is 4.79 Å². The van der Waals surface area contributed by atoms with E-state index in [1.165, 1.54) is 0 Å². The van der Waals surface area contributed by atoms with E-state index in [-0.39, 0.29) is 0 Å². The van der Waals surface area contributed by atoms with Crippen LogP contribution in [0.4, 0.5) is 0 Å². The molecule has 0 radical (unpaired) electrons. The topological polar surface area (TPSA) is 45.2 Å². The van der Waals surface area contributed by atoms with Crippen molar-refractivity contribution in [3.8, 4) is 11.1 Å².